The summed E-state index contributed by atoms with van der Waals surface area (Å²) >= 11 is 0. The highest BCUT2D eigenvalue weighted by molar-refractivity contribution is 6.03. The molecule has 3 nitrogen and oxygen atoms in total. The summed E-state index contributed by atoms with van der Waals surface area (Å²) in [5, 5.41) is 0. The second-order valence-corrected chi connectivity index (χ2v) is 7.80. The number of aromatic nitrogens is 1. The molecular formula is C25H26N2O. The van der Waals surface area contributed by atoms with Gasteiger partial charge in [-0.3, -0.25) is 9.69 Å². The molecule has 1 amide bonds. The number of anilines is 1. The fourth-order valence-electron chi connectivity index (χ4n) is 2.90. The molecule has 0 atom stereocenters. The molecule has 0 aliphatic carbocycles. The number of nitrogens with zero attached hydrogens (tertiary/aromatic N) is 2. The summed E-state index contributed by atoms with van der Waals surface area (Å²) in [5.41, 5.74) is 3.45. The molecule has 0 bridgehead atoms. The first-order chi connectivity index (χ1) is 13.4. The van der Waals surface area contributed by atoms with Gasteiger partial charge in [-0.1, -0.05) is 81.4 Å². The summed E-state index contributed by atoms with van der Waals surface area (Å²) in [6.45, 7) is 7.05. The summed E-state index contributed by atoms with van der Waals surface area (Å²) in [4.78, 5) is 19.0. The van der Waals surface area contributed by atoms with Crippen molar-refractivity contribution in [3.63, 3.8) is 0 Å². The summed E-state index contributed by atoms with van der Waals surface area (Å²) in [5.74, 6) is 0.548. The minimum absolute atomic E-state index is 0.0950. The van der Waals surface area contributed by atoms with Crippen LogP contribution in [-0.2, 0) is 16.8 Å². The van der Waals surface area contributed by atoms with Crippen LogP contribution in [0.1, 0.15) is 37.5 Å². The van der Waals surface area contributed by atoms with Crippen LogP contribution in [0.4, 0.5) is 5.82 Å². The van der Waals surface area contributed by atoms with Crippen molar-refractivity contribution >= 4 is 17.8 Å². The van der Waals surface area contributed by atoms with Gasteiger partial charge in [0.1, 0.15) is 5.82 Å². The van der Waals surface area contributed by atoms with Crippen LogP contribution in [0.2, 0.25) is 0 Å². The van der Waals surface area contributed by atoms with Gasteiger partial charge in [0.25, 0.3) is 5.91 Å². The van der Waals surface area contributed by atoms with Crippen molar-refractivity contribution in [3.05, 3.63) is 102 Å². The largest absolute Gasteiger partial charge is 0.289 e. The molecule has 0 aliphatic heterocycles. The summed E-state index contributed by atoms with van der Waals surface area (Å²) < 4.78 is 0. The summed E-state index contributed by atoms with van der Waals surface area (Å²) in [6.07, 6.45) is 5.18. The van der Waals surface area contributed by atoms with E-state index in [-0.39, 0.29) is 11.3 Å². The van der Waals surface area contributed by atoms with Gasteiger partial charge in [0.05, 0.1) is 6.54 Å². The Hall–Kier alpha value is -3.20. The van der Waals surface area contributed by atoms with E-state index < -0.39 is 0 Å². The van der Waals surface area contributed by atoms with E-state index in [4.69, 9.17) is 0 Å². The number of carbonyl (C=O) groups is 1. The number of pyridine rings is 1. The molecule has 1 heterocycles. The van der Waals surface area contributed by atoms with Gasteiger partial charge in [0.15, 0.2) is 0 Å². The first kappa shape index (κ1) is 19.6. The van der Waals surface area contributed by atoms with E-state index in [1.165, 1.54) is 5.56 Å². The van der Waals surface area contributed by atoms with E-state index in [0.717, 1.165) is 11.1 Å². The number of carbonyl (C=O) groups excluding carboxylic acids is 1. The average Bonchev–Trinajstić information content (AvgIpc) is 2.71. The van der Waals surface area contributed by atoms with E-state index in [9.17, 15) is 4.79 Å². The molecule has 0 spiro atoms. The third-order valence-corrected chi connectivity index (χ3v) is 4.57. The number of amides is 1. The Labute approximate surface area is 167 Å². The lowest BCUT2D eigenvalue weighted by Gasteiger charge is -2.20. The van der Waals surface area contributed by atoms with Crippen LogP contribution in [0, 0.1) is 0 Å². The molecule has 2 aromatic carbocycles. The van der Waals surface area contributed by atoms with Gasteiger partial charge >= 0.3 is 0 Å². The first-order valence-electron chi connectivity index (χ1n) is 9.48. The third-order valence-electron chi connectivity index (χ3n) is 4.57. The minimum atomic E-state index is -0.0950. The van der Waals surface area contributed by atoms with Crippen molar-refractivity contribution in [2.24, 2.45) is 0 Å². The van der Waals surface area contributed by atoms with Crippen LogP contribution in [0.25, 0.3) is 6.08 Å². The van der Waals surface area contributed by atoms with Crippen LogP contribution in [0.5, 0.6) is 0 Å². The van der Waals surface area contributed by atoms with Gasteiger partial charge < -0.3 is 0 Å². The van der Waals surface area contributed by atoms with Gasteiger partial charge in [-0.2, -0.15) is 0 Å². The number of hydrogen-bond acceptors (Lipinski definition) is 2. The molecule has 0 saturated carbocycles. The quantitative estimate of drug-likeness (QED) is 0.546. The minimum Gasteiger partial charge on any atom is -0.289 e. The van der Waals surface area contributed by atoms with Gasteiger partial charge in [-0.05, 0) is 40.3 Å². The zero-order valence-electron chi connectivity index (χ0n) is 16.7. The Morgan fingerprint density at radius 3 is 2.21 bits per heavy atom. The molecule has 0 unspecified atom stereocenters. The van der Waals surface area contributed by atoms with Crippen molar-refractivity contribution < 1.29 is 4.79 Å². The lowest BCUT2D eigenvalue weighted by molar-refractivity contribution is -0.114. The van der Waals surface area contributed by atoms with Crippen LogP contribution in [0.3, 0.4) is 0 Å². The first-order valence-corrected chi connectivity index (χ1v) is 9.48. The average molecular weight is 370 g/mol. The van der Waals surface area contributed by atoms with Gasteiger partial charge in [0, 0.05) is 12.3 Å². The maximum Gasteiger partial charge on any atom is 0.252 e. The molecule has 0 aliphatic rings. The van der Waals surface area contributed by atoms with Crippen LogP contribution in [0.15, 0.2) is 85.1 Å². The molecule has 3 rings (SSSR count). The standard InChI is InChI=1S/C25H26N2O/c1-25(2,3)22-15-12-20(13-16-22)14-17-24(28)27(23-11-7-8-18-26-23)19-21-9-5-4-6-10-21/h4-18H,19H2,1-3H3/b17-14+. The molecule has 28 heavy (non-hydrogen) atoms. The third kappa shape index (κ3) is 5.17. The molecule has 0 fully saturated rings. The molecule has 0 saturated heterocycles. The Morgan fingerprint density at radius 1 is 0.929 bits per heavy atom. The Kier molecular flexibility index (Phi) is 6.05. The van der Waals surface area contributed by atoms with Crippen molar-refractivity contribution in [1.82, 2.24) is 4.98 Å². The Morgan fingerprint density at radius 2 is 1.61 bits per heavy atom. The fourth-order valence-corrected chi connectivity index (χ4v) is 2.90. The predicted molar refractivity (Wildman–Crippen MR) is 116 cm³/mol. The number of benzene rings is 2. The highest BCUT2D eigenvalue weighted by Crippen LogP contribution is 2.22. The van der Waals surface area contributed by atoms with E-state index >= 15 is 0 Å². The van der Waals surface area contributed by atoms with Gasteiger partial charge in [-0.15, -0.1) is 0 Å². The van der Waals surface area contributed by atoms with Crippen molar-refractivity contribution in [2.75, 3.05) is 4.90 Å². The highest BCUT2D eigenvalue weighted by atomic mass is 16.2. The molecular weight excluding hydrogens is 344 g/mol. The number of hydrogen-bond donors (Lipinski definition) is 0. The van der Waals surface area contributed by atoms with E-state index in [2.05, 4.69) is 37.9 Å². The maximum atomic E-state index is 12.9. The lowest BCUT2D eigenvalue weighted by atomic mass is 9.87. The second kappa shape index (κ2) is 8.66. The zero-order valence-corrected chi connectivity index (χ0v) is 16.7. The number of rotatable bonds is 5. The highest BCUT2D eigenvalue weighted by Gasteiger charge is 2.15. The zero-order chi connectivity index (χ0) is 20.0. The van der Waals surface area contributed by atoms with Gasteiger partial charge in [-0.25, -0.2) is 4.98 Å². The molecule has 0 radical (unpaired) electrons. The molecule has 1 aromatic heterocycles. The van der Waals surface area contributed by atoms with Crippen LogP contribution < -0.4 is 4.90 Å². The van der Waals surface area contributed by atoms with Crippen molar-refractivity contribution in [2.45, 2.75) is 32.7 Å². The van der Waals surface area contributed by atoms with Crippen molar-refractivity contribution in [3.8, 4) is 0 Å². The summed E-state index contributed by atoms with van der Waals surface area (Å²) in [6, 6.07) is 23.9. The molecule has 142 valence electrons. The topological polar surface area (TPSA) is 33.2 Å². The van der Waals surface area contributed by atoms with Crippen molar-refractivity contribution in [1.29, 1.82) is 0 Å². The van der Waals surface area contributed by atoms with Gasteiger partial charge in [0.2, 0.25) is 0 Å². The smallest absolute Gasteiger partial charge is 0.252 e. The molecule has 3 heteroatoms. The Bertz CT molecular complexity index is 924. The maximum absolute atomic E-state index is 12.9. The monoisotopic (exact) mass is 370 g/mol. The summed E-state index contributed by atoms with van der Waals surface area (Å²) in [7, 11) is 0. The molecule has 3 aromatic rings. The van der Waals surface area contributed by atoms with E-state index in [0.29, 0.717) is 12.4 Å². The SMILES string of the molecule is CC(C)(C)c1ccc(/C=C/C(=O)N(Cc2ccccc2)c2ccccn2)cc1. The van der Waals surface area contributed by atoms with E-state index in [1.54, 1.807) is 17.2 Å². The van der Waals surface area contributed by atoms with Crippen LogP contribution >= 0.6 is 0 Å². The van der Waals surface area contributed by atoms with E-state index in [1.807, 2.05) is 66.7 Å². The second-order valence-electron chi connectivity index (χ2n) is 7.80. The fraction of sp³-hybridized carbons (Fsp3) is 0.200. The normalized spacial score (nSPS) is 11.5. The Balaban J connectivity index is 1.80. The predicted octanol–water partition coefficient (Wildman–Crippen LogP) is 5.63. The van der Waals surface area contributed by atoms with Crippen LogP contribution in [-0.4, -0.2) is 10.9 Å². The molecule has 0 N–H and O–H groups in total. The lowest BCUT2D eigenvalue weighted by Crippen LogP contribution is -2.29.